The zero-order valence-corrected chi connectivity index (χ0v) is 11.1. The molecule has 2 amide bonds. The molecule has 0 aliphatic carbocycles. The molecule has 0 fully saturated rings. The number of hydrogen-bond donors (Lipinski definition) is 4. The van der Waals surface area contributed by atoms with E-state index in [0.29, 0.717) is 0 Å². The van der Waals surface area contributed by atoms with Crippen molar-refractivity contribution in [1.82, 2.24) is 10.6 Å². The van der Waals surface area contributed by atoms with Gasteiger partial charge >= 0.3 is 12.0 Å². The van der Waals surface area contributed by atoms with Crippen molar-refractivity contribution < 1.29 is 19.8 Å². The number of aliphatic hydroxyl groups is 1. The van der Waals surface area contributed by atoms with Gasteiger partial charge in [-0.05, 0) is 12.8 Å². The van der Waals surface area contributed by atoms with Gasteiger partial charge in [0, 0.05) is 6.04 Å². The molecule has 4 N–H and O–H groups in total. The lowest BCUT2D eigenvalue weighted by atomic mass is 10.1. The molecule has 0 aliphatic heterocycles. The molecule has 106 valence electrons. The average molecular weight is 260 g/mol. The van der Waals surface area contributed by atoms with Crippen LogP contribution in [0.5, 0.6) is 0 Å². The van der Waals surface area contributed by atoms with Gasteiger partial charge in [-0.1, -0.05) is 33.1 Å². The number of amides is 2. The molecule has 0 bridgehead atoms. The molecule has 0 radical (unpaired) electrons. The maximum atomic E-state index is 11.6. The van der Waals surface area contributed by atoms with Crippen molar-refractivity contribution in [3.8, 4) is 0 Å². The number of carbonyl (C=O) groups excluding carboxylic acids is 1. The highest BCUT2D eigenvalue weighted by Gasteiger charge is 2.20. The van der Waals surface area contributed by atoms with Crippen molar-refractivity contribution in [1.29, 1.82) is 0 Å². The summed E-state index contributed by atoms with van der Waals surface area (Å²) >= 11 is 0. The minimum atomic E-state index is -1.25. The first-order valence-corrected chi connectivity index (χ1v) is 6.45. The van der Waals surface area contributed by atoms with E-state index in [0.717, 1.165) is 32.1 Å². The fraction of sp³-hybridized carbons (Fsp3) is 0.833. The van der Waals surface area contributed by atoms with Crippen molar-refractivity contribution in [2.75, 3.05) is 6.61 Å². The van der Waals surface area contributed by atoms with Crippen molar-refractivity contribution >= 4 is 12.0 Å². The van der Waals surface area contributed by atoms with Crippen LogP contribution in [0.3, 0.4) is 0 Å². The first-order chi connectivity index (χ1) is 8.54. The summed E-state index contributed by atoms with van der Waals surface area (Å²) in [5, 5.41) is 22.5. The maximum absolute atomic E-state index is 11.6. The molecule has 2 atom stereocenters. The Balaban J connectivity index is 4.18. The quantitative estimate of drug-likeness (QED) is 0.498. The van der Waals surface area contributed by atoms with Gasteiger partial charge in [0.15, 0.2) is 6.04 Å². The highest BCUT2D eigenvalue weighted by atomic mass is 16.4. The number of carboxylic acids is 1. The summed E-state index contributed by atoms with van der Waals surface area (Å²) in [6.45, 7) is 3.50. The predicted octanol–water partition coefficient (Wildman–Crippen LogP) is 1.09. The van der Waals surface area contributed by atoms with Crippen LogP contribution < -0.4 is 10.6 Å². The van der Waals surface area contributed by atoms with Crippen molar-refractivity contribution in [3.05, 3.63) is 0 Å². The van der Waals surface area contributed by atoms with Crippen LogP contribution in [0.4, 0.5) is 4.79 Å². The first kappa shape index (κ1) is 16.7. The molecule has 0 saturated heterocycles. The maximum Gasteiger partial charge on any atom is 0.328 e. The lowest BCUT2D eigenvalue weighted by Gasteiger charge is -2.20. The van der Waals surface area contributed by atoms with E-state index in [1.807, 2.05) is 6.92 Å². The highest BCUT2D eigenvalue weighted by Crippen LogP contribution is 2.06. The van der Waals surface area contributed by atoms with Crippen LogP contribution in [0.15, 0.2) is 0 Å². The number of unbranched alkanes of at least 4 members (excludes halogenated alkanes) is 1. The van der Waals surface area contributed by atoms with E-state index in [-0.39, 0.29) is 6.04 Å². The summed E-state index contributed by atoms with van der Waals surface area (Å²) in [5.74, 6) is -1.24. The Morgan fingerprint density at radius 2 is 1.78 bits per heavy atom. The van der Waals surface area contributed by atoms with Gasteiger partial charge in [-0.15, -0.1) is 0 Å². The molecule has 6 nitrogen and oxygen atoms in total. The van der Waals surface area contributed by atoms with Gasteiger partial charge in [0.25, 0.3) is 0 Å². The first-order valence-electron chi connectivity index (χ1n) is 6.45. The highest BCUT2D eigenvalue weighted by molar-refractivity contribution is 5.82. The Kier molecular flexibility index (Phi) is 9.00. The van der Waals surface area contributed by atoms with Gasteiger partial charge in [-0.2, -0.15) is 0 Å². The Labute approximate surface area is 108 Å². The molecule has 0 aromatic heterocycles. The molecular weight excluding hydrogens is 236 g/mol. The minimum absolute atomic E-state index is 0.0584. The summed E-state index contributed by atoms with van der Waals surface area (Å²) in [6, 6.07) is -1.73. The molecule has 0 saturated carbocycles. The standard InChI is InChI=1S/C12H24N2O4/c1-3-5-7-9(6-4-2)13-12(18)14-10(8-15)11(16)17/h9-10,15H,3-8H2,1-2H3,(H,16,17)(H2,13,14,18)/t9?,10-/m1/s1. The molecule has 0 aromatic carbocycles. The van der Waals surface area contributed by atoms with Gasteiger partial charge in [-0.3, -0.25) is 0 Å². The summed E-state index contributed by atoms with van der Waals surface area (Å²) in [6.07, 6.45) is 4.78. The van der Waals surface area contributed by atoms with Crippen LogP contribution in [0.1, 0.15) is 46.0 Å². The lowest BCUT2D eigenvalue weighted by molar-refractivity contribution is -0.140. The smallest absolute Gasteiger partial charge is 0.328 e. The number of carbonyl (C=O) groups is 2. The minimum Gasteiger partial charge on any atom is -0.480 e. The molecule has 1 unspecified atom stereocenters. The van der Waals surface area contributed by atoms with Crippen LogP contribution in [-0.2, 0) is 4.79 Å². The van der Waals surface area contributed by atoms with Crippen LogP contribution >= 0.6 is 0 Å². The second-order valence-electron chi connectivity index (χ2n) is 4.32. The predicted molar refractivity (Wildman–Crippen MR) is 68.4 cm³/mol. The molecular formula is C12H24N2O4. The zero-order chi connectivity index (χ0) is 14.0. The zero-order valence-electron chi connectivity index (χ0n) is 11.1. The van der Waals surface area contributed by atoms with Crippen molar-refractivity contribution in [2.45, 2.75) is 58.0 Å². The number of aliphatic hydroxyl groups excluding tert-OH is 1. The number of carboxylic acid groups (broad SMARTS) is 1. The molecule has 0 heterocycles. The number of urea groups is 1. The van der Waals surface area contributed by atoms with E-state index >= 15 is 0 Å². The largest absolute Gasteiger partial charge is 0.480 e. The van der Waals surface area contributed by atoms with Crippen LogP contribution in [0.25, 0.3) is 0 Å². The fourth-order valence-electron chi connectivity index (χ4n) is 1.66. The van der Waals surface area contributed by atoms with E-state index in [9.17, 15) is 9.59 Å². The van der Waals surface area contributed by atoms with Gasteiger partial charge < -0.3 is 20.8 Å². The Hall–Kier alpha value is -1.30. The van der Waals surface area contributed by atoms with E-state index in [2.05, 4.69) is 17.6 Å². The van der Waals surface area contributed by atoms with Gasteiger partial charge in [0.1, 0.15) is 0 Å². The Morgan fingerprint density at radius 3 is 2.22 bits per heavy atom. The van der Waals surface area contributed by atoms with E-state index in [4.69, 9.17) is 10.2 Å². The van der Waals surface area contributed by atoms with Gasteiger partial charge in [0.05, 0.1) is 6.61 Å². The number of rotatable bonds is 9. The fourth-order valence-corrected chi connectivity index (χ4v) is 1.66. The third kappa shape index (κ3) is 7.11. The number of nitrogens with one attached hydrogen (secondary N) is 2. The third-order valence-electron chi connectivity index (χ3n) is 2.66. The molecule has 6 heteroatoms. The van der Waals surface area contributed by atoms with Crippen molar-refractivity contribution in [3.63, 3.8) is 0 Å². The second kappa shape index (κ2) is 9.70. The van der Waals surface area contributed by atoms with Crippen LogP contribution in [0.2, 0.25) is 0 Å². The topological polar surface area (TPSA) is 98.7 Å². The molecule has 0 aromatic rings. The monoisotopic (exact) mass is 260 g/mol. The average Bonchev–Trinajstić information content (AvgIpc) is 2.32. The number of hydrogen-bond acceptors (Lipinski definition) is 3. The second-order valence-corrected chi connectivity index (χ2v) is 4.32. The van der Waals surface area contributed by atoms with Crippen LogP contribution in [-0.4, -0.2) is 40.9 Å². The summed E-state index contributed by atoms with van der Waals surface area (Å²) in [4.78, 5) is 22.2. The van der Waals surface area contributed by atoms with E-state index in [1.54, 1.807) is 0 Å². The number of aliphatic carboxylic acids is 1. The Bertz CT molecular complexity index is 258. The molecule has 0 rings (SSSR count). The SMILES string of the molecule is CCCCC(CCC)NC(=O)N[C@H](CO)C(=O)O. The molecule has 0 spiro atoms. The van der Waals surface area contributed by atoms with Gasteiger partial charge in [0.2, 0.25) is 0 Å². The van der Waals surface area contributed by atoms with E-state index < -0.39 is 24.6 Å². The lowest BCUT2D eigenvalue weighted by Crippen LogP contribution is -2.50. The summed E-state index contributed by atoms with van der Waals surface area (Å²) in [5.41, 5.74) is 0. The third-order valence-corrected chi connectivity index (χ3v) is 2.66. The van der Waals surface area contributed by atoms with Gasteiger partial charge in [-0.25, -0.2) is 9.59 Å². The van der Waals surface area contributed by atoms with E-state index in [1.165, 1.54) is 0 Å². The summed E-state index contributed by atoms with van der Waals surface area (Å²) < 4.78 is 0. The molecule has 18 heavy (non-hydrogen) atoms. The molecule has 0 aliphatic rings. The normalized spacial score (nSPS) is 13.7. The Morgan fingerprint density at radius 1 is 1.11 bits per heavy atom. The summed E-state index contributed by atoms with van der Waals surface area (Å²) in [7, 11) is 0. The van der Waals surface area contributed by atoms with Crippen molar-refractivity contribution in [2.24, 2.45) is 0 Å². The van der Waals surface area contributed by atoms with Crippen LogP contribution in [0, 0.1) is 0 Å².